The first-order chi connectivity index (χ1) is 18.1. The minimum atomic E-state index is -4.74. The molecule has 0 spiro atoms. The van der Waals surface area contributed by atoms with Gasteiger partial charge in [-0.15, -0.1) is 13.2 Å². The number of nitrogens with one attached hydrogen (secondary N) is 2. The normalized spacial score (nSPS) is 12.1. The quantitative estimate of drug-likeness (QED) is 0.156. The molecule has 0 bridgehead atoms. The van der Waals surface area contributed by atoms with Crippen molar-refractivity contribution >= 4 is 52.0 Å². The van der Waals surface area contributed by atoms with Crippen molar-refractivity contribution in [3.8, 4) is 5.75 Å². The van der Waals surface area contributed by atoms with E-state index in [1.54, 1.807) is 17.1 Å². The predicted octanol–water partition coefficient (Wildman–Crippen LogP) is 6.67. The lowest BCUT2D eigenvalue weighted by molar-refractivity contribution is -0.274. The van der Waals surface area contributed by atoms with Gasteiger partial charge in [0.05, 0.1) is 23.6 Å². The van der Waals surface area contributed by atoms with Crippen molar-refractivity contribution in [2.75, 3.05) is 5.32 Å². The van der Waals surface area contributed by atoms with Gasteiger partial charge in [0.1, 0.15) is 11.4 Å². The van der Waals surface area contributed by atoms with Gasteiger partial charge in [0.2, 0.25) is 0 Å². The summed E-state index contributed by atoms with van der Waals surface area (Å²) in [5, 5.41) is 13.2. The Hall–Kier alpha value is -4.25. The van der Waals surface area contributed by atoms with Gasteiger partial charge in [0.15, 0.2) is 5.11 Å². The molecule has 1 aromatic heterocycles. The highest BCUT2D eigenvalue weighted by atomic mass is 32.1. The SMILES string of the molecule is CC(C)c1ccccc1NC(=S)N/N=C/c1ccc2c(C=Nc3ccc(OC(F)(F)F)cc3)nn(C)c2c1. The van der Waals surface area contributed by atoms with E-state index >= 15 is 0 Å². The molecule has 1 heterocycles. The Labute approximate surface area is 223 Å². The van der Waals surface area contributed by atoms with E-state index in [9.17, 15) is 13.2 Å². The van der Waals surface area contributed by atoms with Crippen LogP contribution in [0.3, 0.4) is 0 Å². The Morgan fingerprint density at radius 3 is 2.50 bits per heavy atom. The number of rotatable bonds is 7. The highest BCUT2D eigenvalue weighted by Gasteiger charge is 2.30. The van der Waals surface area contributed by atoms with E-state index < -0.39 is 6.36 Å². The molecule has 0 aliphatic carbocycles. The summed E-state index contributed by atoms with van der Waals surface area (Å²) >= 11 is 5.38. The predicted molar refractivity (Wildman–Crippen MR) is 149 cm³/mol. The fraction of sp³-hybridized carbons (Fsp3) is 0.185. The van der Waals surface area contributed by atoms with Gasteiger partial charge in [0.25, 0.3) is 0 Å². The molecule has 3 aromatic carbocycles. The molecule has 4 rings (SSSR count). The van der Waals surface area contributed by atoms with Gasteiger partial charge in [-0.05, 0) is 71.7 Å². The van der Waals surface area contributed by atoms with Crippen LogP contribution in [0.4, 0.5) is 24.5 Å². The van der Waals surface area contributed by atoms with Gasteiger partial charge in [-0.1, -0.05) is 38.1 Å². The number of benzene rings is 3. The Morgan fingerprint density at radius 2 is 1.79 bits per heavy atom. The second-order valence-corrected chi connectivity index (χ2v) is 9.06. The monoisotopic (exact) mass is 538 g/mol. The summed E-state index contributed by atoms with van der Waals surface area (Å²) in [5.41, 5.74) is 7.72. The van der Waals surface area contributed by atoms with Gasteiger partial charge in [-0.25, -0.2) is 0 Å². The van der Waals surface area contributed by atoms with Crippen molar-refractivity contribution in [2.45, 2.75) is 26.1 Å². The number of aliphatic imine (C=N–C) groups is 1. The molecular weight excluding hydrogens is 513 g/mol. The maximum Gasteiger partial charge on any atom is 0.573 e. The zero-order valence-corrected chi connectivity index (χ0v) is 21.6. The van der Waals surface area contributed by atoms with Gasteiger partial charge >= 0.3 is 6.36 Å². The lowest BCUT2D eigenvalue weighted by Crippen LogP contribution is -2.24. The molecule has 7 nitrogen and oxygen atoms in total. The molecule has 0 unspecified atom stereocenters. The first-order valence-corrected chi connectivity index (χ1v) is 12.1. The number of aromatic nitrogens is 2. The van der Waals surface area contributed by atoms with E-state index in [0.717, 1.165) is 27.7 Å². The first kappa shape index (κ1) is 26.8. The maximum absolute atomic E-state index is 12.3. The molecule has 0 saturated heterocycles. The number of fused-ring (bicyclic) bond motifs is 1. The summed E-state index contributed by atoms with van der Waals surface area (Å²) in [6, 6.07) is 19.0. The van der Waals surface area contributed by atoms with E-state index in [2.05, 4.69) is 50.6 Å². The maximum atomic E-state index is 12.3. The topological polar surface area (TPSA) is 75.8 Å². The van der Waals surface area contributed by atoms with E-state index in [-0.39, 0.29) is 5.75 Å². The molecule has 0 radical (unpaired) electrons. The Morgan fingerprint density at radius 1 is 1.05 bits per heavy atom. The van der Waals surface area contributed by atoms with Crippen LogP contribution in [0, 0.1) is 0 Å². The number of ether oxygens (including phenoxy) is 1. The molecule has 0 atom stereocenters. The fourth-order valence-corrected chi connectivity index (χ4v) is 3.94. The number of aryl methyl sites for hydroxylation is 1. The Kier molecular flexibility index (Phi) is 8.06. The van der Waals surface area contributed by atoms with Gasteiger partial charge in [0, 0.05) is 18.1 Å². The third-order valence-corrected chi connectivity index (χ3v) is 5.71. The third kappa shape index (κ3) is 6.94. The van der Waals surface area contributed by atoms with Crippen molar-refractivity contribution < 1.29 is 17.9 Å². The van der Waals surface area contributed by atoms with Crippen molar-refractivity contribution in [3.63, 3.8) is 0 Å². The molecule has 0 aliphatic rings. The standard InChI is InChI=1S/C27H25F3N6OS/c1-17(2)21-6-4-5-7-23(21)33-26(38)34-32-15-18-8-13-22-24(35-36(3)25(22)14-18)16-31-19-9-11-20(12-10-19)37-27(28,29)30/h4-17H,1-3H3,(H2,33,34,38)/b31-16?,32-15+. The summed E-state index contributed by atoms with van der Waals surface area (Å²) in [4.78, 5) is 4.32. The molecule has 0 amide bonds. The average molecular weight is 539 g/mol. The van der Waals surface area contributed by atoms with Crippen LogP contribution in [0.2, 0.25) is 0 Å². The van der Waals surface area contributed by atoms with Crippen molar-refractivity contribution in [2.24, 2.45) is 17.1 Å². The second kappa shape index (κ2) is 11.4. The van der Waals surface area contributed by atoms with E-state index in [1.165, 1.54) is 24.3 Å². The molecule has 196 valence electrons. The number of halogens is 3. The summed E-state index contributed by atoms with van der Waals surface area (Å²) in [6.07, 6.45) is -1.51. The van der Waals surface area contributed by atoms with Crippen molar-refractivity contribution in [3.05, 3.63) is 83.6 Å². The largest absolute Gasteiger partial charge is 0.573 e. The van der Waals surface area contributed by atoms with Crippen LogP contribution < -0.4 is 15.5 Å². The lowest BCUT2D eigenvalue weighted by Gasteiger charge is -2.14. The average Bonchev–Trinajstić information content (AvgIpc) is 3.17. The number of hydrogen-bond donors (Lipinski definition) is 2. The molecule has 0 aliphatic heterocycles. The second-order valence-electron chi connectivity index (χ2n) is 8.65. The number of nitrogens with zero attached hydrogens (tertiary/aromatic N) is 4. The van der Waals surface area contributed by atoms with Crippen LogP contribution in [0.5, 0.6) is 5.75 Å². The van der Waals surface area contributed by atoms with Gasteiger partial charge in [-0.3, -0.25) is 15.1 Å². The van der Waals surface area contributed by atoms with E-state index in [1.807, 2.05) is 43.4 Å². The van der Waals surface area contributed by atoms with Crippen LogP contribution in [-0.4, -0.2) is 33.7 Å². The third-order valence-electron chi connectivity index (χ3n) is 5.52. The highest BCUT2D eigenvalue weighted by Crippen LogP contribution is 2.26. The summed E-state index contributed by atoms with van der Waals surface area (Å²) < 4.78 is 42.6. The van der Waals surface area contributed by atoms with Crippen LogP contribution in [-0.2, 0) is 7.05 Å². The summed E-state index contributed by atoms with van der Waals surface area (Å²) in [5.74, 6) is 0.0457. The number of hydrazone groups is 1. The zero-order valence-electron chi connectivity index (χ0n) is 20.8. The molecule has 4 aromatic rings. The van der Waals surface area contributed by atoms with Crippen LogP contribution in [0.25, 0.3) is 10.9 Å². The summed E-state index contributed by atoms with van der Waals surface area (Å²) in [7, 11) is 1.81. The number of para-hydroxylation sites is 1. The highest BCUT2D eigenvalue weighted by molar-refractivity contribution is 7.80. The molecule has 11 heteroatoms. The number of alkyl halides is 3. The first-order valence-electron chi connectivity index (χ1n) is 11.6. The molecule has 0 fully saturated rings. The van der Waals surface area contributed by atoms with Crippen LogP contribution in [0.1, 0.15) is 36.6 Å². The smallest absolute Gasteiger partial charge is 0.406 e. The minimum Gasteiger partial charge on any atom is -0.406 e. The number of anilines is 1. The fourth-order valence-electron chi connectivity index (χ4n) is 3.78. The minimum absolute atomic E-state index is 0.305. The van der Waals surface area contributed by atoms with Gasteiger partial charge in [-0.2, -0.15) is 10.2 Å². The zero-order chi connectivity index (χ0) is 27.3. The molecule has 0 saturated carbocycles. The number of thiocarbonyl (C=S) groups is 1. The number of hydrogen-bond acceptors (Lipinski definition) is 5. The molecular formula is C27H25F3N6OS. The van der Waals surface area contributed by atoms with Crippen LogP contribution >= 0.6 is 12.2 Å². The van der Waals surface area contributed by atoms with Gasteiger partial charge < -0.3 is 10.1 Å². The molecule has 38 heavy (non-hydrogen) atoms. The molecule has 2 N–H and O–H groups in total. The van der Waals surface area contributed by atoms with Crippen molar-refractivity contribution in [1.82, 2.24) is 15.2 Å². The Balaban J connectivity index is 1.42. The lowest BCUT2D eigenvalue weighted by atomic mass is 10.0. The summed E-state index contributed by atoms with van der Waals surface area (Å²) in [6.45, 7) is 4.24. The Bertz CT molecular complexity index is 1490. The van der Waals surface area contributed by atoms with Crippen molar-refractivity contribution in [1.29, 1.82) is 0 Å². The van der Waals surface area contributed by atoms with Crippen LogP contribution in [0.15, 0.2) is 76.8 Å². The van der Waals surface area contributed by atoms with E-state index in [0.29, 0.717) is 22.4 Å². The van der Waals surface area contributed by atoms with E-state index in [4.69, 9.17) is 12.2 Å².